The van der Waals surface area contributed by atoms with Gasteiger partial charge >= 0.3 is 5.69 Å². The second-order valence-corrected chi connectivity index (χ2v) is 9.20. The van der Waals surface area contributed by atoms with Crippen LogP contribution >= 0.6 is 0 Å². The van der Waals surface area contributed by atoms with Crippen LogP contribution in [0.2, 0.25) is 0 Å². The van der Waals surface area contributed by atoms with Crippen molar-refractivity contribution in [3.05, 3.63) is 55.9 Å². The third-order valence-corrected chi connectivity index (χ3v) is 7.49. The third kappa shape index (κ3) is 2.72. The predicted molar refractivity (Wildman–Crippen MR) is 102 cm³/mol. The molecule has 1 saturated heterocycles. The molecule has 2 aliphatic rings. The fourth-order valence-electron chi connectivity index (χ4n) is 4.34. The van der Waals surface area contributed by atoms with E-state index in [1.54, 1.807) is 0 Å². The number of hydrogen-bond donors (Lipinski definition) is 2. The molecule has 2 atom stereocenters. The molecule has 1 aromatic heterocycles. The Morgan fingerprint density at radius 3 is 2.59 bits per heavy atom. The van der Waals surface area contributed by atoms with Gasteiger partial charge in [-0.1, -0.05) is 17.7 Å². The van der Waals surface area contributed by atoms with Crippen molar-refractivity contribution in [1.29, 1.82) is 0 Å². The van der Waals surface area contributed by atoms with E-state index in [0.29, 0.717) is 12.1 Å². The minimum Gasteiger partial charge on any atom is -0.310 e. The van der Waals surface area contributed by atoms with Crippen LogP contribution < -0.4 is 15.6 Å². The van der Waals surface area contributed by atoms with Crippen molar-refractivity contribution >= 4 is 15.7 Å². The summed E-state index contributed by atoms with van der Waals surface area (Å²) in [4.78, 5) is 30.1. The van der Waals surface area contributed by atoms with Gasteiger partial charge in [-0.2, -0.15) is 0 Å². The number of H-pyrrole nitrogens is 2. The van der Waals surface area contributed by atoms with Gasteiger partial charge in [0.1, 0.15) is 0 Å². The number of aromatic nitrogens is 2. The smallest absolute Gasteiger partial charge is 0.310 e. The first kappa shape index (κ1) is 18.0. The fourth-order valence-corrected chi connectivity index (χ4v) is 6.30. The normalized spacial score (nSPS) is 22.6. The first-order valence-corrected chi connectivity index (χ1v) is 10.3. The van der Waals surface area contributed by atoms with Gasteiger partial charge in [0.25, 0.3) is 15.6 Å². The minimum absolute atomic E-state index is 0.0498. The average molecular weight is 390 g/mol. The molecule has 27 heavy (non-hydrogen) atoms. The molecule has 0 radical (unpaired) electrons. The summed E-state index contributed by atoms with van der Waals surface area (Å²) in [6.45, 7) is 4.95. The van der Waals surface area contributed by atoms with Gasteiger partial charge in [-0.05, 0) is 45.5 Å². The van der Waals surface area contributed by atoms with Crippen molar-refractivity contribution in [1.82, 2.24) is 14.9 Å². The van der Waals surface area contributed by atoms with E-state index in [-0.39, 0.29) is 17.7 Å². The zero-order chi connectivity index (χ0) is 19.5. The van der Waals surface area contributed by atoms with Crippen LogP contribution in [0, 0.1) is 13.8 Å². The van der Waals surface area contributed by atoms with E-state index < -0.39 is 26.2 Å². The van der Waals surface area contributed by atoms with Crippen molar-refractivity contribution in [2.45, 2.75) is 37.1 Å². The van der Waals surface area contributed by atoms with Crippen molar-refractivity contribution < 1.29 is 8.42 Å². The summed E-state index contributed by atoms with van der Waals surface area (Å²) in [7, 11) is -2.10. The largest absolute Gasteiger partial charge is 0.325 e. The molecule has 144 valence electrons. The summed E-state index contributed by atoms with van der Waals surface area (Å²) in [5.41, 5.74) is 1.13. The molecule has 9 heteroatoms. The van der Waals surface area contributed by atoms with Crippen molar-refractivity contribution in [2.75, 3.05) is 24.4 Å². The molecule has 2 aromatic rings. The van der Waals surface area contributed by atoms with Gasteiger partial charge in [0, 0.05) is 18.2 Å². The quantitative estimate of drug-likeness (QED) is 0.784. The number of aryl methyl sites for hydroxylation is 2. The monoisotopic (exact) mass is 390 g/mol. The number of piperidine rings is 1. The number of likely N-dealkylation sites (tertiary alicyclic amines) is 1. The number of hydrogen-bond acceptors (Lipinski definition) is 5. The highest BCUT2D eigenvalue weighted by atomic mass is 32.2. The molecule has 0 amide bonds. The Kier molecular flexibility index (Phi) is 4.04. The average Bonchev–Trinajstić information content (AvgIpc) is 2.87. The SMILES string of the molecule is Cc1ccc2c(c1)C1CN(C)CCC1N2S(=O)(=O)c1c(C)[nH]c(=O)[nH]c1=O. The lowest BCUT2D eigenvalue weighted by atomic mass is 9.89. The summed E-state index contributed by atoms with van der Waals surface area (Å²) in [6, 6.07) is 5.49. The summed E-state index contributed by atoms with van der Waals surface area (Å²) >= 11 is 0. The van der Waals surface area contributed by atoms with Gasteiger partial charge in [-0.25, -0.2) is 13.2 Å². The first-order valence-electron chi connectivity index (χ1n) is 8.87. The van der Waals surface area contributed by atoms with Gasteiger partial charge in [0.15, 0.2) is 4.90 Å². The Balaban J connectivity index is 1.93. The molecule has 8 nitrogen and oxygen atoms in total. The lowest BCUT2D eigenvalue weighted by Gasteiger charge is -2.36. The number of aromatic amines is 2. The number of likely N-dealkylation sites (N-methyl/N-ethyl adjacent to an activating group) is 1. The lowest BCUT2D eigenvalue weighted by Crippen LogP contribution is -2.48. The zero-order valence-corrected chi connectivity index (χ0v) is 16.3. The number of nitrogens with zero attached hydrogens (tertiary/aromatic N) is 2. The van der Waals surface area contributed by atoms with Gasteiger partial charge in [0.2, 0.25) is 0 Å². The Morgan fingerprint density at radius 2 is 1.89 bits per heavy atom. The molecule has 2 N–H and O–H groups in total. The molecule has 4 rings (SSSR count). The topological polar surface area (TPSA) is 106 Å². The van der Waals surface area contributed by atoms with Crippen LogP contribution in [0.25, 0.3) is 0 Å². The molecule has 3 heterocycles. The van der Waals surface area contributed by atoms with E-state index >= 15 is 0 Å². The number of sulfonamides is 1. The standard InChI is InChI=1S/C18H22N4O4S/c1-10-4-5-14-12(8-10)13-9-21(3)7-6-15(13)22(14)27(25,26)16-11(2)19-18(24)20-17(16)23/h4-5,8,13,15H,6-7,9H2,1-3H3,(H2,19,20,23,24). The van der Waals surface area contributed by atoms with Gasteiger partial charge in [-0.15, -0.1) is 0 Å². The lowest BCUT2D eigenvalue weighted by molar-refractivity contribution is 0.237. The summed E-state index contributed by atoms with van der Waals surface area (Å²) in [5.74, 6) is 0.0515. The molecule has 0 spiro atoms. The van der Waals surface area contributed by atoms with Gasteiger partial charge < -0.3 is 9.88 Å². The van der Waals surface area contributed by atoms with Crippen LogP contribution in [0.4, 0.5) is 5.69 Å². The van der Waals surface area contributed by atoms with E-state index in [1.165, 1.54) is 11.2 Å². The maximum atomic E-state index is 13.5. The van der Waals surface area contributed by atoms with Gasteiger partial charge in [-0.3, -0.25) is 14.1 Å². The molecule has 0 aliphatic carbocycles. The van der Waals surface area contributed by atoms with E-state index in [9.17, 15) is 18.0 Å². The molecular weight excluding hydrogens is 368 g/mol. The molecular formula is C18H22N4O4S. The predicted octanol–water partition coefficient (Wildman–Crippen LogP) is 0.677. The van der Waals surface area contributed by atoms with E-state index in [4.69, 9.17) is 0 Å². The van der Waals surface area contributed by atoms with Crippen LogP contribution in [0.1, 0.15) is 29.2 Å². The van der Waals surface area contributed by atoms with E-state index in [1.807, 2.05) is 37.2 Å². The van der Waals surface area contributed by atoms with Crippen LogP contribution in [0.5, 0.6) is 0 Å². The highest BCUT2D eigenvalue weighted by molar-refractivity contribution is 7.93. The number of fused-ring (bicyclic) bond motifs is 3. The number of benzene rings is 1. The maximum absolute atomic E-state index is 13.5. The number of anilines is 1. The summed E-state index contributed by atoms with van der Waals surface area (Å²) in [5, 5.41) is 0. The number of rotatable bonds is 2. The molecule has 0 saturated carbocycles. The van der Waals surface area contributed by atoms with Crippen LogP contribution in [0.15, 0.2) is 32.7 Å². The summed E-state index contributed by atoms with van der Waals surface area (Å²) < 4.78 is 28.5. The minimum atomic E-state index is -4.13. The fraction of sp³-hybridized carbons (Fsp3) is 0.444. The van der Waals surface area contributed by atoms with Crippen LogP contribution in [0.3, 0.4) is 0 Å². The molecule has 2 unspecified atom stereocenters. The molecule has 1 fully saturated rings. The van der Waals surface area contributed by atoms with Crippen LogP contribution in [-0.4, -0.2) is 49.5 Å². The zero-order valence-electron chi connectivity index (χ0n) is 15.4. The highest BCUT2D eigenvalue weighted by Gasteiger charge is 2.47. The highest BCUT2D eigenvalue weighted by Crippen LogP contribution is 2.47. The van der Waals surface area contributed by atoms with Crippen molar-refractivity contribution in [3.63, 3.8) is 0 Å². The van der Waals surface area contributed by atoms with E-state index in [2.05, 4.69) is 9.88 Å². The Labute approximate surface area is 156 Å². The Hall–Kier alpha value is -2.39. The first-order chi connectivity index (χ1) is 12.7. The molecule has 1 aromatic carbocycles. The Morgan fingerprint density at radius 1 is 1.15 bits per heavy atom. The molecule has 0 bridgehead atoms. The second-order valence-electron chi connectivity index (χ2n) is 7.45. The summed E-state index contributed by atoms with van der Waals surface area (Å²) in [6.07, 6.45) is 0.675. The Bertz CT molecular complexity index is 1130. The van der Waals surface area contributed by atoms with Crippen molar-refractivity contribution in [2.24, 2.45) is 0 Å². The third-order valence-electron chi connectivity index (χ3n) is 5.49. The van der Waals surface area contributed by atoms with Crippen LogP contribution in [-0.2, 0) is 10.0 Å². The molecule has 2 aliphatic heterocycles. The van der Waals surface area contributed by atoms with Crippen molar-refractivity contribution in [3.8, 4) is 0 Å². The number of nitrogens with one attached hydrogen (secondary N) is 2. The van der Waals surface area contributed by atoms with Gasteiger partial charge in [0.05, 0.1) is 11.7 Å². The second kappa shape index (κ2) is 6.07. The maximum Gasteiger partial charge on any atom is 0.325 e. The van der Waals surface area contributed by atoms with E-state index in [0.717, 1.165) is 24.2 Å².